The predicted octanol–water partition coefficient (Wildman–Crippen LogP) is 3.75. The van der Waals surface area contributed by atoms with Gasteiger partial charge in [0.15, 0.2) is 0 Å². The summed E-state index contributed by atoms with van der Waals surface area (Å²) in [6, 6.07) is 0. The standard InChI is InChI=1S/C13H27BrO2/c1-11(2,3)16-13(6,7)9-12(4,5)10(15)8-14/h10,15H,8-9H2,1-7H3. The highest BCUT2D eigenvalue weighted by Crippen LogP contribution is 2.35. The van der Waals surface area contributed by atoms with E-state index in [4.69, 9.17) is 4.74 Å². The van der Waals surface area contributed by atoms with Gasteiger partial charge in [-0.05, 0) is 46.5 Å². The molecule has 0 aliphatic heterocycles. The minimum Gasteiger partial charge on any atom is -0.392 e. The highest BCUT2D eigenvalue weighted by atomic mass is 79.9. The fraction of sp³-hybridized carbons (Fsp3) is 1.00. The molecule has 0 saturated heterocycles. The first-order valence-electron chi connectivity index (χ1n) is 5.84. The largest absolute Gasteiger partial charge is 0.392 e. The molecular formula is C13H27BrO2. The van der Waals surface area contributed by atoms with Crippen LogP contribution >= 0.6 is 15.9 Å². The molecule has 0 aromatic carbocycles. The molecule has 0 aromatic rings. The molecule has 1 unspecified atom stereocenters. The fourth-order valence-corrected chi connectivity index (χ4v) is 3.17. The van der Waals surface area contributed by atoms with E-state index in [0.717, 1.165) is 6.42 Å². The number of hydrogen-bond donors (Lipinski definition) is 1. The van der Waals surface area contributed by atoms with Crippen LogP contribution in [0.2, 0.25) is 0 Å². The Bertz CT molecular complexity index is 216. The van der Waals surface area contributed by atoms with Crippen molar-refractivity contribution in [2.75, 3.05) is 5.33 Å². The molecule has 2 nitrogen and oxygen atoms in total. The summed E-state index contributed by atoms with van der Waals surface area (Å²) in [4.78, 5) is 0. The van der Waals surface area contributed by atoms with E-state index in [1.807, 2.05) is 0 Å². The normalized spacial score (nSPS) is 16.3. The van der Waals surface area contributed by atoms with Crippen molar-refractivity contribution in [3.05, 3.63) is 0 Å². The third-order valence-electron chi connectivity index (χ3n) is 2.51. The maximum atomic E-state index is 9.94. The zero-order valence-corrected chi connectivity index (χ0v) is 13.3. The van der Waals surface area contributed by atoms with Crippen LogP contribution in [0.25, 0.3) is 0 Å². The van der Waals surface area contributed by atoms with Crippen LogP contribution in [0.5, 0.6) is 0 Å². The van der Waals surface area contributed by atoms with E-state index >= 15 is 0 Å². The van der Waals surface area contributed by atoms with E-state index in [0.29, 0.717) is 5.33 Å². The summed E-state index contributed by atoms with van der Waals surface area (Å²) in [6.07, 6.45) is 0.472. The van der Waals surface area contributed by atoms with Crippen molar-refractivity contribution >= 4 is 15.9 Å². The SMILES string of the molecule is CC(C)(C)OC(C)(C)CC(C)(C)C(O)CBr. The number of aliphatic hydroxyl groups is 1. The molecule has 16 heavy (non-hydrogen) atoms. The van der Waals surface area contributed by atoms with E-state index in [-0.39, 0.29) is 22.7 Å². The van der Waals surface area contributed by atoms with Gasteiger partial charge in [-0.2, -0.15) is 0 Å². The highest BCUT2D eigenvalue weighted by molar-refractivity contribution is 9.09. The van der Waals surface area contributed by atoms with Crippen molar-refractivity contribution in [1.82, 2.24) is 0 Å². The second-order valence-corrected chi connectivity index (χ2v) is 7.46. The van der Waals surface area contributed by atoms with Crippen LogP contribution in [0.4, 0.5) is 0 Å². The molecule has 0 radical (unpaired) electrons. The zero-order valence-electron chi connectivity index (χ0n) is 11.7. The molecule has 3 heteroatoms. The lowest BCUT2D eigenvalue weighted by Crippen LogP contribution is -2.42. The predicted molar refractivity (Wildman–Crippen MR) is 73.1 cm³/mol. The molecule has 0 aliphatic rings. The molecule has 0 aromatic heterocycles. The van der Waals surface area contributed by atoms with Gasteiger partial charge in [0.25, 0.3) is 0 Å². The number of ether oxygens (including phenoxy) is 1. The van der Waals surface area contributed by atoms with Crippen LogP contribution in [0.15, 0.2) is 0 Å². The molecule has 0 bridgehead atoms. The van der Waals surface area contributed by atoms with Crippen LogP contribution in [0.1, 0.15) is 54.9 Å². The minimum atomic E-state index is -0.352. The molecule has 0 aliphatic carbocycles. The molecule has 98 valence electrons. The van der Waals surface area contributed by atoms with Crippen molar-refractivity contribution < 1.29 is 9.84 Å². The third-order valence-corrected chi connectivity index (χ3v) is 3.13. The van der Waals surface area contributed by atoms with Gasteiger partial charge in [0.2, 0.25) is 0 Å². The summed E-state index contributed by atoms with van der Waals surface area (Å²) < 4.78 is 6.03. The smallest absolute Gasteiger partial charge is 0.0688 e. The Balaban J connectivity index is 4.57. The Hall–Kier alpha value is 0.400. The van der Waals surface area contributed by atoms with Crippen LogP contribution in [0.3, 0.4) is 0 Å². The summed E-state index contributed by atoms with van der Waals surface area (Å²) in [7, 11) is 0. The number of alkyl halides is 1. The Morgan fingerprint density at radius 2 is 1.50 bits per heavy atom. The van der Waals surface area contributed by atoms with E-state index in [1.165, 1.54) is 0 Å². The average molecular weight is 295 g/mol. The molecule has 0 fully saturated rings. The Morgan fingerprint density at radius 1 is 1.06 bits per heavy atom. The summed E-state index contributed by atoms with van der Waals surface area (Å²) >= 11 is 3.33. The molecule has 0 spiro atoms. The molecule has 1 N–H and O–H groups in total. The molecule has 0 rings (SSSR count). The zero-order chi connectivity index (χ0) is 13.2. The maximum Gasteiger partial charge on any atom is 0.0688 e. The molecule has 0 heterocycles. The number of halogens is 1. The van der Waals surface area contributed by atoms with Crippen molar-refractivity contribution in [3.63, 3.8) is 0 Å². The van der Waals surface area contributed by atoms with Gasteiger partial charge in [0.05, 0.1) is 17.3 Å². The van der Waals surface area contributed by atoms with E-state index in [9.17, 15) is 5.11 Å². The lowest BCUT2D eigenvalue weighted by atomic mass is 9.77. The van der Waals surface area contributed by atoms with Gasteiger partial charge < -0.3 is 9.84 Å². The monoisotopic (exact) mass is 294 g/mol. The van der Waals surface area contributed by atoms with Crippen LogP contribution in [0, 0.1) is 5.41 Å². The summed E-state index contributed by atoms with van der Waals surface area (Å²) in [5, 5.41) is 10.5. The quantitative estimate of drug-likeness (QED) is 0.783. The summed E-state index contributed by atoms with van der Waals surface area (Å²) in [5.41, 5.74) is -0.540. The summed E-state index contributed by atoms with van der Waals surface area (Å²) in [5.74, 6) is 0. The Morgan fingerprint density at radius 3 is 1.81 bits per heavy atom. The van der Waals surface area contributed by atoms with Crippen molar-refractivity contribution in [1.29, 1.82) is 0 Å². The van der Waals surface area contributed by atoms with Gasteiger partial charge >= 0.3 is 0 Å². The van der Waals surface area contributed by atoms with Crippen LogP contribution in [-0.2, 0) is 4.74 Å². The lowest BCUT2D eigenvalue weighted by molar-refractivity contribution is -0.137. The van der Waals surface area contributed by atoms with E-state index in [1.54, 1.807) is 0 Å². The maximum absolute atomic E-state index is 9.94. The topological polar surface area (TPSA) is 29.5 Å². The van der Waals surface area contributed by atoms with Crippen LogP contribution < -0.4 is 0 Å². The molecule has 1 atom stereocenters. The Labute approximate surface area is 109 Å². The van der Waals surface area contributed by atoms with Gasteiger partial charge in [0.1, 0.15) is 0 Å². The minimum absolute atomic E-state index is 0.154. The van der Waals surface area contributed by atoms with Gasteiger partial charge in [-0.15, -0.1) is 0 Å². The van der Waals surface area contributed by atoms with E-state index < -0.39 is 0 Å². The average Bonchev–Trinajstić information content (AvgIpc) is 1.95. The first kappa shape index (κ1) is 16.4. The molecule has 0 amide bonds. The second kappa shape index (κ2) is 5.36. The van der Waals surface area contributed by atoms with Gasteiger partial charge in [-0.25, -0.2) is 0 Å². The summed E-state index contributed by atoms with van der Waals surface area (Å²) in [6.45, 7) is 14.5. The first-order valence-corrected chi connectivity index (χ1v) is 6.96. The van der Waals surface area contributed by atoms with Crippen molar-refractivity contribution in [2.45, 2.75) is 72.2 Å². The van der Waals surface area contributed by atoms with Crippen molar-refractivity contribution in [2.24, 2.45) is 5.41 Å². The van der Waals surface area contributed by atoms with Gasteiger partial charge in [-0.3, -0.25) is 0 Å². The van der Waals surface area contributed by atoms with Gasteiger partial charge in [-0.1, -0.05) is 29.8 Å². The highest BCUT2D eigenvalue weighted by Gasteiger charge is 2.36. The number of rotatable bonds is 5. The second-order valence-electron chi connectivity index (χ2n) is 6.81. The van der Waals surface area contributed by atoms with E-state index in [2.05, 4.69) is 64.4 Å². The van der Waals surface area contributed by atoms with Crippen LogP contribution in [-0.4, -0.2) is 27.7 Å². The third kappa shape index (κ3) is 6.21. The van der Waals surface area contributed by atoms with Crippen molar-refractivity contribution in [3.8, 4) is 0 Å². The lowest BCUT2D eigenvalue weighted by Gasteiger charge is -2.41. The van der Waals surface area contributed by atoms with Gasteiger partial charge in [0, 0.05) is 5.33 Å². The molecular weight excluding hydrogens is 268 g/mol. The Kier molecular flexibility index (Phi) is 5.50. The fourth-order valence-electron chi connectivity index (χ4n) is 2.29. The number of hydrogen-bond acceptors (Lipinski definition) is 2. The molecule has 0 saturated carbocycles. The number of aliphatic hydroxyl groups excluding tert-OH is 1. The first-order chi connectivity index (χ1) is 6.90.